The molecule has 2 aromatic rings. The second kappa shape index (κ2) is 5.58. The summed E-state index contributed by atoms with van der Waals surface area (Å²) in [6.45, 7) is 1.46. The highest BCUT2D eigenvalue weighted by Gasteiger charge is 2.17. The zero-order chi connectivity index (χ0) is 14.9. The van der Waals surface area contributed by atoms with Crippen LogP contribution in [-0.4, -0.2) is 11.0 Å². The molecule has 1 amide bonds. The van der Waals surface area contributed by atoms with E-state index in [0.717, 1.165) is 6.07 Å². The second-order valence-corrected chi connectivity index (χ2v) is 5.08. The zero-order valence-electron chi connectivity index (χ0n) is 10.4. The predicted molar refractivity (Wildman–Crippen MR) is 74.9 cm³/mol. The highest BCUT2D eigenvalue weighted by atomic mass is 79.9. The highest BCUT2D eigenvalue weighted by Crippen LogP contribution is 2.26. The van der Waals surface area contributed by atoms with Gasteiger partial charge in [-0.3, -0.25) is 4.79 Å². The predicted octanol–water partition coefficient (Wildman–Crippen LogP) is 3.99. The van der Waals surface area contributed by atoms with Gasteiger partial charge in [-0.05, 0) is 36.8 Å². The molecule has 0 spiro atoms. The topological polar surface area (TPSA) is 49.3 Å². The molecule has 20 heavy (non-hydrogen) atoms. The van der Waals surface area contributed by atoms with Crippen molar-refractivity contribution in [3.63, 3.8) is 0 Å². The molecular weight excluding hydrogens is 332 g/mol. The lowest BCUT2D eigenvalue weighted by Crippen LogP contribution is -2.15. The molecule has 0 saturated carbocycles. The van der Waals surface area contributed by atoms with Crippen molar-refractivity contribution in [1.82, 2.24) is 0 Å². The fraction of sp³-hybridized carbons (Fsp3) is 0.0714. The van der Waals surface area contributed by atoms with Crippen LogP contribution in [0.4, 0.5) is 14.5 Å². The quantitative estimate of drug-likeness (QED) is 0.867. The molecule has 0 aromatic heterocycles. The van der Waals surface area contributed by atoms with Crippen molar-refractivity contribution in [3.05, 3.63) is 57.6 Å². The largest absolute Gasteiger partial charge is 0.507 e. The number of hydrogen-bond donors (Lipinski definition) is 2. The van der Waals surface area contributed by atoms with Crippen LogP contribution in [-0.2, 0) is 0 Å². The number of aromatic hydroxyl groups is 1. The number of rotatable bonds is 2. The van der Waals surface area contributed by atoms with Gasteiger partial charge in [0.2, 0.25) is 0 Å². The maximum Gasteiger partial charge on any atom is 0.259 e. The summed E-state index contributed by atoms with van der Waals surface area (Å²) in [6, 6.07) is 6.54. The van der Waals surface area contributed by atoms with E-state index in [1.165, 1.54) is 31.2 Å². The molecular formula is C14H10BrF2NO2. The summed E-state index contributed by atoms with van der Waals surface area (Å²) >= 11 is 3.13. The van der Waals surface area contributed by atoms with Gasteiger partial charge in [-0.1, -0.05) is 22.0 Å². The van der Waals surface area contributed by atoms with Crippen molar-refractivity contribution >= 4 is 27.5 Å². The molecule has 104 valence electrons. The first-order valence-corrected chi connectivity index (χ1v) is 6.44. The van der Waals surface area contributed by atoms with E-state index >= 15 is 0 Å². The van der Waals surface area contributed by atoms with Crippen molar-refractivity contribution in [1.29, 1.82) is 0 Å². The number of aryl methyl sites for hydroxylation is 1. The van der Waals surface area contributed by atoms with Crippen LogP contribution in [0, 0.1) is 18.6 Å². The van der Waals surface area contributed by atoms with E-state index in [2.05, 4.69) is 21.2 Å². The highest BCUT2D eigenvalue weighted by molar-refractivity contribution is 9.10. The van der Waals surface area contributed by atoms with Gasteiger partial charge in [0, 0.05) is 4.47 Å². The summed E-state index contributed by atoms with van der Waals surface area (Å²) in [4.78, 5) is 11.9. The Bertz CT molecular complexity index is 689. The number of anilines is 1. The van der Waals surface area contributed by atoms with Crippen molar-refractivity contribution in [2.45, 2.75) is 6.92 Å². The molecule has 0 radical (unpaired) electrons. The molecule has 0 saturated heterocycles. The van der Waals surface area contributed by atoms with E-state index in [9.17, 15) is 18.7 Å². The maximum atomic E-state index is 13.8. The average Bonchev–Trinajstić information content (AvgIpc) is 2.39. The van der Waals surface area contributed by atoms with Gasteiger partial charge >= 0.3 is 0 Å². The first-order valence-electron chi connectivity index (χ1n) is 5.64. The van der Waals surface area contributed by atoms with E-state index < -0.39 is 23.2 Å². The summed E-state index contributed by atoms with van der Waals surface area (Å²) < 4.78 is 27.9. The average molecular weight is 342 g/mol. The third kappa shape index (κ3) is 2.80. The smallest absolute Gasteiger partial charge is 0.259 e. The Morgan fingerprint density at radius 3 is 2.60 bits per heavy atom. The Hall–Kier alpha value is -1.95. The third-order valence-electron chi connectivity index (χ3n) is 2.73. The number of hydrogen-bond acceptors (Lipinski definition) is 2. The van der Waals surface area contributed by atoms with Gasteiger partial charge in [0.25, 0.3) is 5.91 Å². The molecule has 2 rings (SSSR count). The molecule has 2 aromatic carbocycles. The van der Waals surface area contributed by atoms with Gasteiger partial charge in [-0.15, -0.1) is 0 Å². The van der Waals surface area contributed by atoms with Gasteiger partial charge in [0.15, 0.2) is 5.82 Å². The van der Waals surface area contributed by atoms with Crippen LogP contribution in [0.2, 0.25) is 0 Å². The van der Waals surface area contributed by atoms with Crippen molar-refractivity contribution in [2.75, 3.05) is 5.32 Å². The van der Waals surface area contributed by atoms with E-state index in [-0.39, 0.29) is 16.9 Å². The molecule has 6 heteroatoms. The molecule has 0 aliphatic heterocycles. The number of carbonyl (C=O) groups excluding carboxylic acids is 1. The molecule has 0 atom stereocenters. The Labute approximate surface area is 122 Å². The molecule has 0 unspecified atom stereocenters. The van der Waals surface area contributed by atoms with Crippen LogP contribution in [0.15, 0.2) is 34.8 Å². The first kappa shape index (κ1) is 14.5. The second-order valence-electron chi connectivity index (χ2n) is 4.17. The number of nitrogens with one attached hydrogen (secondary N) is 1. The summed E-state index contributed by atoms with van der Waals surface area (Å²) in [7, 11) is 0. The van der Waals surface area contributed by atoms with Crippen LogP contribution in [0.1, 0.15) is 15.9 Å². The SMILES string of the molecule is Cc1ccc(F)c(NC(=O)c2ccc(Br)cc2O)c1F. The molecule has 0 bridgehead atoms. The number of amides is 1. The maximum absolute atomic E-state index is 13.8. The number of halogens is 3. The molecule has 2 N–H and O–H groups in total. The minimum Gasteiger partial charge on any atom is -0.507 e. The van der Waals surface area contributed by atoms with Gasteiger partial charge in [-0.25, -0.2) is 8.78 Å². The van der Waals surface area contributed by atoms with Crippen molar-refractivity contribution in [3.8, 4) is 5.75 Å². The molecule has 3 nitrogen and oxygen atoms in total. The van der Waals surface area contributed by atoms with Gasteiger partial charge in [-0.2, -0.15) is 0 Å². The van der Waals surface area contributed by atoms with E-state index in [0.29, 0.717) is 4.47 Å². The lowest BCUT2D eigenvalue weighted by molar-refractivity contribution is 0.102. The van der Waals surface area contributed by atoms with E-state index in [1.54, 1.807) is 0 Å². The monoisotopic (exact) mass is 341 g/mol. The van der Waals surface area contributed by atoms with Crippen LogP contribution in [0.5, 0.6) is 5.75 Å². The number of phenols is 1. The Balaban J connectivity index is 2.35. The molecule has 0 heterocycles. The fourth-order valence-corrected chi connectivity index (χ4v) is 2.00. The third-order valence-corrected chi connectivity index (χ3v) is 3.22. The Morgan fingerprint density at radius 2 is 1.95 bits per heavy atom. The summed E-state index contributed by atoms with van der Waals surface area (Å²) in [5.74, 6) is -2.79. The van der Waals surface area contributed by atoms with Crippen LogP contribution < -0.4 is 5.32 Å². The minimum absolute atomic E-state index is 0.0755. The minimum atomic E-state index is -0.877. The standard InChI is InChI=1S/C14H10BrF2NO2/c1-7-2-5-10(16)13(12(7)17)18-14(20)9-4-3-8(15)6-11(9)19/h2-6,19H,1H3,(H,18,20). The lowest BCUT2D eigenvalue weighted by atomic mass is 10.1. The van der Waals surface area contributed by atoms with E-state index in [1.807, 2.05) is 0 Å². The molecule has 0 fully saturated rings. The fourth-order valence-electron chi connectivity index (χ4n) is 1.65. The van der Waals surface area contributed by atoms with Gasteiger partial charge < -0.3 is 10.4 Å². The van der Waals surface area contributed by atoms with Gasteiger partial charge in [0.1, 0.15) is 17.3 Å². The summed E-state index contributed by atoms with van der Waals surface area (Å²) in [6.07, 6.45) is 0. The number of carbonyl (C=O) groups is 1. The van der Waals surface area contributed by atoms with Crippen LogP contribution in [0.3, 0.4) is 0 Å². The zero-order valence-corrected chi connectivity index (χ0v) is 12.0. The van der Waals surface area contributed by atoms with Crippen LogP contribution in [0.25, 0.3) is 0 Å². The number of phenolic OH excluding ortho intramolecular Hbond substituents is 1. The first-order chi connectivity index (χ1) is 9.40. The molecule has 0 aliphatic rings. The normalized spacial score (nSPS) is 10.4. The Kier molecular flexibility index (Phi) is 4.04. The molecule has 0 aliphatic carbocycles. The van der Waals surface area contributed by atoms with Crippen LogP contribution >= 0.6 is 15.9 Å². The summed E-state index contributed by atoms with van der Waals surface area (Å²) in [5.41, 5.74) is -0.396. The number of benzene rings is 2. The Morgan fingerprint density at radius 1 is 1.25 bits per heavy atom. The van der Waals surface area contributed by atoms with Gasteiger partial charge in [0.05, 0.1) is 5.56 Å². The van der Waals surface area contributed by atoms with Crippen molar-refractivity contribution in [2.24, 2.45) is 0 Å². The lowest BCUT2D eigenvalue weighted by Gasteiger charge is -2.10. The van der Waals surface area contributed by atoms with Crippen molar-refractivity contribution < 1.29 is 18.7 Å². The summed E-state index contributed by atoms with van der Waals surface area (Å²) in [5, 5.41) is 11.8. The van der Waals surface area contributed by atoms with E-state index in [4.69, 9.17) is 0 Å².